The molecule has 0 radical (unpaired) electrons. The summed E-state index contributed by atoms with van der Waals surface area (Å²) in [7, 11) is 2.03. The topological polar surface area (TPSA) is 108 Å². The lowest BCUT2D eigenvalue weighted by molar-refractivity contribution is -0.192. The van der Waals surface area contributed by atoms with Crippen molar-refractivity contribution >= 4 is 5.97 Å². The van der Waals surface area contributed by atoms with Gasteiger partial charge in [0.1, 0.15) is 0 Å². The Morgan fingerprint density at radius 3 is 2.38 bits per heavy atom. The van der Waals surface area contributed by atoms with Gasteiger partial charge in [0.25, 0.3) is 0 Å². The lowest BCUT2D eigenvalue weighted by Gasteiger charge is -2.16. The Morgan fingerprint density at radius 2 is 1.92 bits per heavy atom. The number of likely N-dealkylation sites (N-methyl/N-ethyl adjacent to an activating group) is 1. The molecule has 1 heterocycles. The molecule has 0 atom stereocenters. The minimum atomic E-state index is -5.08. The van der Waals surface area contributed by atoms with Crippen molar-refractivity contribution in [3.8, 4) is 11.8 Å². The highest BCUT2D eigenvalue weighted by molar-refractivity contribution is 5.73. The number of nitriles is 1. The molecule has 3 N–H and O–H groups in total. The first-order valence-corrected chi connectivity index (χ1v) is 7.41. The summed E-state index contributed by atoms with van der Waals surface area (Å²) in [5.74, 6) is -2.76. The predicted octanol–water partition coefficient (Wildman–Crippen LogP) is 1.77. The van der Waals surface area contributed by atoms with E-state index in [9.17, 15) is 13.2 Å². The largest absolute Gasteiger partial charge is 0.490 e. The molecule has 10 heteroatoms. The molecule has 0 spiro atoms. The maximum absolute atomic E-state index is 10.6. The maximum atomic E-state index is 10.6. The fourth-order valence-electron chi connectivity index (χ4n) is 1.94. The number of aliphatic carboxylic acids is 1. The Labute approximate surface area is 148 Å². The number of alkyl halides is 3. The highest BCUT2D eigenvalue weighted by atomic mass is 19.4. The summed E-state index contributed by atoms with van der Waals surface area (Å²) in [4.78, 5) is 11.0. The molecule has 7 nitrogen and oxygen atoms in total. The van der Waals surface area contributed by atoms with Crippen LogP contribution in [0.1, 0.15) is 11.3 Å². The molecule has 2 rings (SSSR count). The average Bonchev–Trinajstić information content (AvgIpc) is 3.03. The molecule has 0 amide bonds. The highest BCUT2D eigenvalue weighted by Gasteiger charge is 2.38. The van der Waals surface area contributed by atoms with Gasteiger partial charge in [-0.1, -0.05) is 0 Å². The normalized spacial score (nSPS) is 10.8. The van der Waals surface area contributed by atoms with Gasteiger partial charge in [0.05, 0.1) is 23.0 Å². The number of hydrogen-bond acceptors (Lipinski definition) is 5. The van der Waals surface area contributed by atoms with Crippen molar-refractivity contribution in [1.29, 1.82) is 5.26 Å². The summed E-state index contributed by atoms with van der Waals surface area (Å²) in [6, 6.07) is 11.5. The van der Waals surface area contributed by atoms with E-state index in [0.717, 1.165) is 24.5 Å². The van der Waals surface area contributed by atoms with Crippen molar-refractivity contribution in [2.75, 3.05) is 20.1 Å². The lowest BCUT2D eigenvalue weighted by atomic mass is 10.2. The van der Waals surface area contributed by atoms with Gasteiger partial charge in [0.2, 0.25) is 0 Å². The van der Waals surface area contributed by atoms with E-state index in [1.54, 1.807) is 18.3 Å². The number of nitrogens with zero attached hydrogens (tertiary/aromatic N) is 4. The Balaban J connectivity index is 0.000000412. The summed E-state index contributed by atoms with van der Waals surface area (Å²) >= 11 is 0. The maximum Gasteiger partial charge on any atom is 0.490 e. The van der Waals surface area contributed by atoms with Crippen molar-refractivity contribution in [1.82, 2.24) is 14.7 Å². The van der Waals surface area contributed by atoms with Crippen molar-refractivity contribution in [2.45, 2.75) is 12.7 Å². The van der Waals surface area contributed by atoms with Crippen molar-refractivity contribution in [3.05, 3.63) is 47.8 Å². The molecule has 26 heavy (non-hydrogen) atoms. The fraction of sp³-hybridized carbons (Fsp3) is 0.312. The Kier molecular flexibility index (Phi) is 7.77. The van der Waals surface area contributed by atoms with E-state index in [0.29, 0.717) is 12.1 Å². The first-order chi connectivity index (χ1) is 12.2. The van der Waals surface area contributed by atoms with Crippen LogP contribution in [0.2, 0.25) is 0 Å². The smallest absolute Gasteiger partial charge is 0.475 e. The number of rotatable bonds is 5. The van der Waals surface area contributed by atoms with E-state index in [2.05, 4.69) is 16.1 Å². The standard InChI is InChI=1S/C14H17N5.C2HF3O2/c1-18(9-7-15)11-14-6-8-17-19(14)13-4-2-12(10-16)3-5-13;3-2(4,5)1(6)7/h2-6,8H,7,9,11,15H2,1H3;(H,6,7). The van der Waals surface area contributed by atoms with E-state index in [4.69, 9.17) is 20.9 Å². The van der Waals surface area contributed by atoms with Gasteiger partial charge in [-0.3, -0.25) is 4.90 Å². The van der Waals surface area contributed by atoms with Gasteiger partial charge >= 0.3 is 12.1 Å². The molecule has 140 valence electrons. The molecule has 1 aromatic heterocycles. The zero-order chi connectivity index (χ0) is 19.7. The molecule has 0 saturated heterocycles. The Bertz CT molecular complexity index is 750. The zero-order valence-electron chi connectivity index (χ0n) is 13.9. The van der Waals surface area contributed by atoms with Crippen molar-refractivity contribution in [3.63, 3.8) is 0 Å². The van der Waals surface area contributed by atoms with Crippen LogP contribution in [0.4, 0.5) is 13.2 Å². The number of hydrogen-bond donors (Lipinski definition) is 2. The van der Waals surface area contributed by atoms with Gasteiger partial charge in [-0.05, 0) is 37.4 Å². The minimum Gasteiger partial charge on any atom is -0.475 e. The second-order valence-corrected chi connectivity index (χ2v) is 5.22. The molecule has 2 aromatic rings. The number of carboxylic acids is 1. The third kappa shape index (κ3) is 6.54. The summed E-state index contributed by atoms with van der Waals surface area (Å²) in [5, 5.41) is 20.3. The summed E-state index contributed by atoms with van der Waals surface area (Å²) in [6.07, 6.45) is -3.30. The van der Waals surface area contributed by atoms with Crippen LogP contribution in [0, 0.1) is 11.3 Å². The number of aromatic nitrogens is 2. The van der Waals surface area contributed by atoms with Gasteiger partial charge in [-0.2, -0.15) is 23.5 Å². The van der Waals surface area contributed by atoms with Crippen LogP contribution < -0.4 is 5.73 Å². The van der Waals surface area contributed by atoms with Crippen LogP contribution in [0.5, 0.6) is 0 Å². The molecular formula is C16H18F3N5O2. The Hall–Kier alpha value is -2.90. The number of carboxylic acid groups (broad SMARTS) is 1. The molecule has 0 aliphatic rings. The third-order valence-electron chi connectivity index (χ3n) is 3.15. The molecule has 0 bridgehead atoms. The first-order valence-electron chi connectivity index (χ1n) is 7.41. The third-order valence-corrected chi connectivity index (χ3v) is 3.15. The first kappa shape index (κ1) is 21.1. The predicted molar refractivity (Wildman–Crippen MR) is 87.4 cm³/mol. The SMILES string of the molecule is CN(CCN)Cc1ccnn1-c1ccc(C#N)cc1.O=C(O)C(F)(F)F. The average molecular weight is 369 g/mol. The second-order valence-electron chi connectivity index (χ2n) is 5.22. The molecule has 0 fully saturated rings. The number of nitrogens with two attached hydrogens (primary N) is 1. The molecule has 0 aliphatic heterocycles. The second kappa shape index (κ2) is 9.55. The summed E-state index contributed by atoms with van der Waals surface area (Å²) < 4.78 is 33.6. The van der Waals surface area contributed by atoms with Crippen molar-refractivity contribution < 1.29 is 23.1 Å². The molecule has 0 aliphatic carbocycles. The zero-order valence-corrected chi connectivity index (χ0v) is 13.9. The van der Waals surface area contributed by atoms with E-state index < -0.39 is 12.1 Å². The van der Waals surface area contributed by atoms with E-state index in [1.165, 1.54) is 0 Å². The van der Waals surface area contributed by atoms with E-state index in [1.807, 2.05) is 29.9 Å². The quantitative estimate of drug-likeness (QED) is 0.832. The van der Waals surface area contributed by atoms with Crippen LogP contribution in [-0.2, 0) is 11.3 Å². The van der Waals surface area contributed by atoms with Gasteiger partial charge in [-0.15, -0.1) is 0 Å². The minimum absolute atomic E-state index is 0.640. The number of carbonyl (C=O) groups is 1. The van der Waals surface area contributed by atoms with Crippen molar-refractivity contribution in [2.24, 2.45) is 5.73 Å². The number of benzene rings is 1. The van der Waals surface area contributed by atoms with Crippen LogP contribution in [0.25, 0.3) is 5.69 Å². The van der Waals surface area contributed by atoms with Crippen LogP contribution in [0.3, 0.4) is 0 Å². The van der Waals surface area contributed by atoms with Gasteiger partial charge in [-0.25, -0.2) is 9.48 Å². The highest BCUT2D eigenvalue weighted by Crippen LogP contribution is 2.13. The monoisotopic (exact) mass is 369 g/mol. The summed E-state index contributed by atoms with van der Waals surface area (Å²) in [6.45, 7) is 2.28. The lowest BCUT2D eigenvalue weighted by Crippen LogP contribution is -2.26. The number of halogens is 3. The van der Waals surface area contributed by atoms with Crippen LogP contribution in [-0.4, -0.2) is 52.1 Å². The van der Waals surface area contributed by atoms with Gasteiger partial charge in [0, 0.05) is 25.8 Å². The van der Waals surface area contributed by atoms with Crippen LogP contribution >= 0.6 is 0 Å². The van der Waals surface area contributed by atoms with Gasteiger partial charge < -0.3 is 10.8 Å². The van der Waals surface area contributed by atoms with E-state index >= 15 is 0 Å². The van der Waals surface area contributed by atoms with Gasteiger partial charge in [0.15, 0.2) is 0 Å². The molecular weight excluding hydrogens is 351 g/mol. The molecule has 1 aromatic carbocycles. The summed E-state index contributed by atoms with van der Waals surface area (Å²) in [5.41, 5.74) is 8.25. The molecule has 0 unspecified atom stereocenters. The molecule has 0 saturated carbocycles. The van der Waals surface area contributed by atoms with E-state index in [-0.39, 0.29) is 0 Å². The Morgan fingerprint density at radius 1 is 1.35 bits per heavy atom. The fourth-order valence-corrected chi connectivity index (χ4v) is 1.94. The van der Waals surface area contributed by atoms with Crippen LogP contribution in [0.15, 0.2) is 36.5 Å².